The van der Waals surface area contributed by atoms with Crippen molar-refractivity contribution in [2.24, 2.45) is 5.92 Å². The van der Waals surface area contributed by atoms with Crippen LogP contribution in [-0.4, -0.2) is 13.2 Å². The van der Waals surface area contributed by atoms with Gasteiger partial charge in [-0.1, -0.05) is 13.3 Å². The van der Waals surface area contributed by atoms with Crippen LogP contribution >= 0.6 is 0 Å². The number of unbranched alkanes of at least 4 members (excludes halogenated alkanes) is 1. The maximum atomic E-state index is 5.00. The molecule has 0 aromatic rings. The maximum absolute atomic E-state index is 5.00. The summed E-state index contributed by atoms with van der Waals surface area (Å²) in [6.45, 7) is 4.15. The quantitative estimate of drug-likeness (QED) is 0.540. The molecule has 1 rings (SSSR count). The average Bonchev–Trinajstić information content (AvgIpc) is 1.63. The third kappa shape index (κ3) is 1.48. The Hall–Kier alpha value is -0.0400. The van der Waals surface area contributed by atoms with Crippen LogP contribution in [0, 0.1) is 12.3 Å². The third-order valence-electron chi connectivity index (χ3n) is 1.45. The Balaban J connectivity index is 1.86. The standard InChI is InChI=1S/C7H13O/c1-2-3-4-7-5-8-6-7/h4,7H,2-3,5-6H2,1H3. The SMILES string of the molecule is CCC[CH]C1COC1. The van der Waals surface area contributed by atoms with Crippen LogP contribution < -0.4 is 0 Å². The van der Waals surface area contributed by atoms with E-state index in [1.165, 1.54) is 12.8 Å². The molecule has 0 saturated carbocycles. The van der Waals surface area contributed by atoms with Crippen molar-refractivity contribution in [3.05, 3.63) is 6.42 Å². The van der Waals surface area contributed by atoms with Gasteiger partial charge in [0, 0.05) is 5.92 Å². The zero-order chi connectivity index (χ0) is 5.82. The largest absolute Gasteiger partial charge is 0.381 e. The van der Waals surface area contributed by atoms with Gasteiger partial charge in [0.15, 0.2) is 0 Å². The molecule has 1 heterocycles. The van der Waals surface area contributed by atoms with Crippen LogP contribution in [0.4, 0.5) is 0 Å². The van der Waals surface area contributed by atoms with E-state index in [0.717, 1.165) is 19.1 Å². The molecule has 0 aromatic heterocycles. The highest BCUT2D eigenvalue weighted by Gasteiger charge is 2.16. The van der Waals surface area contributed by atoms with Crippen molar-refractivity contribution in [2.75, 3.05) is 13.2 Å². The molecule has 0 amide bonds. The minimum Gasteiger partial charge on any atom is -0.381 e. The van der Waals surface area contributed by atoms with Gasteiger partial charge in [0.2, 0.25) is 0 Å². The summed E-state index contributed by atoms with van der Waals surface area (Å²) < 4.78 is 5.00. The Labute approximate surface area is 51.0 Å². The smallest absolute Gasteiger partial charge is 0.0519 e. The molecule has 1 fully saturated rings. The van der Waals surface area contributed by atoms with Gasteiger partial charge in [0.25, 0.3) is 0 Å². The first-order valence-corrected chi connectivity index (χ1v) is 3.34. The minimum absolute atomic E-state index is 0.787. The van der Waals surface area contributed by atoms with Crippen molar-refractivity contribution >= 4 is 0 Å². The van der Waals surface area contributed by atoms with Crippen molar-refractivity contribution in [1.29, 1.82) is 0 Å². The van der Waals surface area contributed by atoms with E-state index in [0.29, 0.717) is 0 Å². The van der Waals surface area contributed by atoms with E-state index < -0.39 is 0 Å². The van der Waals surface area contributed by atoms with Gasteiger partial charge in [-0.3, -0.25) is 0 Å². The van der Waals surface area contributed by atoms with E-state index in [1.54, 1.807) is 0 Å². The van der Waals surface area contributed by atoms with Crippen LogP contribution in [0.5, 0.6) is 0 Å². The molecule has 8 heavy (non-hydrogen) atoms. The van der Waals surface area contributed by atoms with Crippen molar-refractivity contribution in [1.82, 2.24) is 0 Å². The molecule has 0 spiro atoms. The van der Waals surface area contributed by atoms with Crippen LogP contribution in [0.1, 0.15) is 19.8 Å². The minimum atomic E-state index is 0.787. The first kappa shape index (κ1) is 6.09. The van der Waals surface area contributed by atoms with Crippen molar-refractivity contribution in [3.8, 4) is 0 Å². The van der Waals surface area contributed by atoms with Gasteiger partial charge in [-0.05, 0) is 12.8 Å². The Morgan fingerprint density at radius 3 is 2.75 bits per heavy atom. The van der Waals surface area contributed by atoms with E-state index in [4.69, 9.17) is 4.74 Å². The highest BCUT2D eigenvalue weighted by molar-refractivity contribution is 4.79. The van der Waals surface area contributed by atoms with Crippen molar-refractivity contribution in [2.45, 2.75) is 19.8 Å². The van der Waals surface area contributed by atoms with E-state index in [-0.39, 0.29) is 0 Å². The van der Waals surface area contributed by atoms with Gasteiger partial charge >= 0.3 is 0 Å². The summed E-state index contributed by atoms with van der Waals surface area (Å²) in [4.78, 5) is 0. The molecular formula is C7H13O. The summed E-state index contributed by atoms with van der Waals surface area (Å²) in [5.74, 6) is 0.787. The molecule has 0 aromatic carbocycles. The summed E-state index contributed by atoms with van der Waals surface area (Å²) in [6, 6.07) is 0. The summed E-state index contributed by atoms with van der Waals surface area (Å²) in [6.07, 6.45) is 4.90. The molecular weight excluding hydrogens is 100 g/mol. The molecule has 0 unspecified atom stereocenters. The summed E-state index contributed by atoms with van der Waals surface area (Å²) in [7, 11) is 0. The first-order valence-electron chi connectivity index (χ1n) is 3.34. The molecule has 1 nitrogen and oxygen atoms in total. The lowest BCUT2D eigenvalue weighted by Crippen LogP contribution is -2.27. The molecule has 47 valence electrons. The van der Waals surface area contributed by atoms with Crippen molar-refractivity contribution in [3.63, 3.8) is 0 Å². The predicted octanol–water partition coefficient (Wildman–Crippen LogP) is 1.64. The molecule has 0 bridgehead atoms. The van der Waals surface area contributed by atoms with Crippen LogP contribution in [0.2, 0.25) is 0 Å². The van der Waals surface area contributed by atoms with Crippen LogP contribution in [-0.2, 0) is 4.74 Å². The van der Waals surface area contributed by atoms with Gasteiger partial charge in [0.05, 0.1) is 13.2 Å². The van der Waals surface area contributed by atoms with Gasteiger partial charge < -0.3 is 4.74 Å². The maximum Gasteiger partial charge on any atom is 0.0519 e. The zero-order valence-electron chi connectivity index (χ0n) is 5.39. The number of ether oxygens (including phenoxy) is 1. The highest BCUT2D eigenvalue weighted by Crippen LogP contribution is 2.15. The molecule has 1 aliphatic heterocycles. The second-order valence-electron chi connectivity index (χ2n) is 2.32. The predicted molar refractivity (Wildman–Crippen MR) is 33.5 cm³/mol. The fraction of sp³-hybridized carbons (Fsp3) is 0.857. The lowest BCUT2D eigenvalue weighted by Gasteiger charge is -2.25. The van der Waals surface area contributed by atoms with Gasteiger partial charge in [-0.2, -0.15) is 0 Å². The van der Waals surface area contributed by atoms with Gasteiger partial charge in [-0.25, -0.2) is 0 Å². The first-order chi connectivity index (χ1) is 3.93. The Bertz CT molecular complexity index is 57.4. The number of hydrogen-bond donors (Lipinski definition) is 0. The molecule has 1 saturated heterocycles. The average molecular weight is 113 g/mol. The van der Waals surface area contributed by atoms with Gasteiger partial charge in [0.1, 0.15) is 0 Å². The number of hydrogen-bond acceptors (Lipinski definition) is 1. The summed E-state index contributed by atoms with van der Waals surface area (Å²) >= 11 is 0. The normalized spacial score (nSPS) is 20.6. The van der Waals surface area contributed by atoms with E-state index >= 15 is 0 Å². The molecule has 1 aliphatic rings. The topological polar surface area (TPSA) is 9.23 Å². The Morgan fingerprint density at radius 1 is 1.62 bits per heavy atom. The van der Waals surface area contributed by atoms with Crippen LogP contribution in [0.25, 0.3) is 0 Å². The second kappa shape index (κ2) is 3.08. The Kier molecular flexibility index (Phi) is 2.34. The highest BCUT2D eigenvalue weighted by atomic mass is 16.5. The fourth-order valence-corrected chi connectivity index (χ4v) is 0.792. The van der Waals surface area contributed by atoms with Crippen LogP contribution in [0.3, 0.4) is 0 Å². The van der Waals surface area contributed by atoms with E-state index in [1.807, 2.05) is 0 Å². The lowest BCUT2D eigenvalue weighted by molar-refractivity contribution is -0.0168. The fourth-order valence-electron chi connectivity index (χ4n) is 0.792. The van der Waals surface area contributed by atoms with Gasteiger partial charge in [-0.15, -0.1) is 0 Å². The van der Waals surface area contributed by atoms with Crippen molar-refractivity contribution < 1.29 is 4.74 Å². The molecule has 0 aliphatic carbocycles. The van der Waals surface area contributed by atoms with E-state index in [2.05, 4.69) is 13.3 Å². The Morgan fingerprint density at radius 2 is 2.38 bits per heavy atom. The second-order valence-corrected chi connectivity index (χ2v) is 2.32. The monoisotopic (exact) mass is 113 g/mol. The number of rotatable bonds is 3. The lowest BCUT2D eigenvalue weighted by atomic mass is 10.0. The summed E-state index contributed by atoms with van der Waals surface area (Å²) in [5.41, 5.74) is 0. The van der Waals surface area contributed by atoms with E-state index in [9.17, 15) is 0 Å². The van der Waals surface area contributed by atoms with Crippen LogP contribution in [0.15, 0.2) is 0 Å². The molecule has 0 atom stereocenters. The third-order valence-corrected chi connectivity index (χ3v) is 1.45. The molecule has 1 radical (unpaired) electrons. The zero-order valence-corrected chi connectivity index (χ0v) is 5.39. The molecule has 0 N–H and O–H groups in total. The molecule has 1 heteroatoms. The summed E-state index contributed by atoms with van der Waals surface area (Å²) in [5, 5.41) is 0.